The van der Waals surface area contributed by atoms with Gasteiger partial charge in [0.15, 0.2) is 0 Å². The zero-order chi connectivity index (χ0) is 13.3. The minimum Gasteiger partial charge on any atom is -0.384 e. The fourth-order valence-electron chi connectivity index (χ4n) is 3.53. The zero-order valence-corrected chi connectivity index (χ0v) is 11.6. The van der Waals surface area contributed by atoms with Crippen LogP contribution in [0.3, 0.4) is 0 Å². The van der Waals surface area contributed by atoms with Crippen LogP contribution in [0.1, 0.15) is 19.3 Å². The molecule has 0 unspecified atom stereocenters. The van der Waals surface area contributed by atoms with Crippen molar-refractivity contribution in [1.29, 1.82) is 0 Å². The molecule has 5 heteroatoms. The summed E-state index contributed by atoms with van der Waals surface area (Å²) in [6, 6.07) is 0. The predicted octanol–water partition coefficient (Wildman–Crippen LogP) is 0.677. The van der Waals surface area contributed by atoms with Gasteiger partial charge in [-0.1, -0.05) is 0 Å². The molecule has 108 valence electrons. The van der Waals surface area contributed by atoms with E-state index in [0.717, 1.165) is 58.8 Å². The van der Waals surface area contributed by atoms with Crippen molar-refractivity contribution in [3.8, 4) is 0 Å². The van der Waals surface area contributed by atoms with Crippen molar-refractivity contribution in [3.63, 3.8) is 0 Å². The Balaban J connectivity index is 1.55. The van der Waals surface area contributed by atoms with Gasteiger partial charge in [0.2, 0.25) is 5.91 Å². The molecule has 1 atom stereocenters. The molecule has 3 rings (SSSR count). The van der Waals surface area contributed by atoms with E-state index in [4.69, 9.17) is 14.2 Å². The van der Waals surface area contributed by atoms with E-state index >= 15 is 0 Å². The summed E-state index contributed by atoms with van der Waals surface area (Å²) < 4.78 is 16.5. The summed E-state index contributed by atoms with van der Waals surface area (Å²) in [5.74, 6) is 0.894. The Morgan fingerprint density at radius 1 is 1.26 bits per heavy atom. The standard InChI is InChI=1S/C14H23NO4/c1-17-8-12-4-7-19-14(12)9-15(10-14)13(16)11-2-5-18-6-3-11/h11-12H,2-10H2,1H3/t12-/m1/s1. The van der Waals surface area contributed by atoms with E-state index in [0.29, 0.717) is 11.8 Å². The van der Waals surface area contributed by atoms with Crippen molar-refractivity contribution in [2.24, 2.45) is 11.8 Å². The minimum atomic E-state index is -0.114. The van der Waals surface area contributed by atoms with Crippen molar-refractivity contribution in [1.82, 2.24) is 4.90 Å². The van der Waals surface area contributed by atoms with Gasteiger partial charge in [-0.3, -0.25) is 4.79 Å². The van der Waals surface area contributed by atoms with Crippen LogP contribution in [0.25, 0.3) is 0 Å². The average Bonchev–Trinajstić information content (AvgIpc) is 2.81. The number of amides is 1. The molecule has 3 fully saturated rings. The van der Waals surface area contributed by atoms with Crippen molar-refractivity contribution in [2.75, 3.05) is 46.6 Å². The Labute approximate surface area is 114 Å². The van der Waals surface area contributed by atoms with Crippen molar-refractivity contribution in [2.45, 2.75) is 24.9 Å². The van der Waals surface area contributed by atoms with Crippen LogP contribution in [-0.4, -0.2) is 63.0 Å². The lowest BCUT2D eigenvalue weighted by Gasteiger charge is -2.51. The third-order valence-corrected chi connectivity index (χ3v) is 4.77. The largest absolute Gasteiger partial charge is 0.384 e. The summed E-state index contributed by atoms with van der Waals surface area (Å²) in [4.78, 5) is 14.3. The summed E-state index contributed by atoms with van der Waals surface area (Å²) >= 11 is 0. The molecule has 3 aliphatic heterocycles. The molecule has 0 saturated carbocycles. The first kappa shape index (κ1) is 13.3. The molecule has 19 heavy (non-hydrogen) atoms. The number of carbonyl (C=O) groups is 1. The van der Waals surface area contributed by atoms with Crippen LogP contribution in [0.2, 0.25) is 0 Å². The van der Waals surface area contributed by atoms with Gasteiger partial charge in [0.25, 0.3) is 0 Å². The van der Waals surface area contributed by atoms with Gasteiger partial charge in [0.05, 0.1) is 19.7 Å². The summed E-state index contributed by atoms with van der Waals surface area (Å²) in [6.07, 6.45) is 2.78. The highest BCUT2D eigenvalue weighted by molar-refractivity contribution is 5.80. The highest BCUT2D eigenvalue weighted by Crippen LogP contribution is 2.41. The summed E-state index contributed by atoms with van der Waals surface area (Å²) in [5.41, 5.74) is -0.114. The molecular weight excluding hydrogens is 246 g/mol. The van der Waals surface area contributed by atoms with Gasteiger partial charge >= 0.3 is 0 Å². The quantitative estimate of drug-likeness (QED) is 0.756. The number of likely N-dealkylation sites (tertiary alicyclic amines) is 1. The lowest BCUT2D eigenvalue weighted by Crippen LogP contribution is -2.67. The predicted molar refractivity (Wildman–Crippen MR) is 68.8 cm³/mol. The number of hydrogen-bond acceptors (Lipinski definition) is 4. The Morgan fingerprint density at radius 2 is 2.00 bits per heavy atom. The average molecular weight is 269 g/mol. The van der Waals surface area contributed by atoms with Crippen molar-refractivity contribution in [3.05, 3.63) is 0 Å². The molecule has 3 saturated heterocycles. The molecule has 3 heterocycles. The molecule has 0 aromatic carbocycles. The van der Waals surface area contributed by atoms with Gasteiger partial charge < -0.3 is 19.1 Å². The molecule has 3 aliphatic rings. The summed E-state index contributed by atoms with van der Waals surface area (Å²) in [5, 5.41) is 0. The Kier molecular flexibility index (Phi) is 3.78. The van der Waals surface area contributed by atoms with Crippen LogP contribution in [0.15, 0.2) is 0 Å². The van der Waals surface area contributed by atoms with E-state index in [1.165, 1.54) is 0 Å². The SMILES string of the molecule is COC[C@H]1CCOC12CN(C(=O)C1CCOCC1)C2. The normalized spacial score (nSPS) is 30.6. The monoisotopic (exact) mass is 269 g/mol. The lowest BCUT2D eigenvalue weighted by atomic mass is 9.80. The second-order valence-electron chi connectivity index (χ2n) is 5.94. The van der Waals surface area contributed by atoms with E-state index in [-0.39, 0.29) is 11.5 Å². The third kappa shape index (κ3) is 2.39. The number of hydrogen-bond donors (Lipinski definition) is 0. The van der Waals surface area contributed by atoms with Crippen LogP contribution >= 0.6 is 0 Å². The lowest BCUT2D eigenvalue weighted by molar-refractivity contribution is -0.173. The third-order valence-electron chi connectivity index (χ3n) is 4.77. The second-order valence-corrected chi connectivity index (χ2v) is 5.94. The van der Waals surface area contributed by atoms with E-state index in [9.17, 15) is 4.79 Å². The van der Waals surface area contributed by atoms with E-state index in [1.54, 1.807) is 7.11 Å². The Morgan fingerprint density at radius 3 is 2.68 bits per heavy atom. The van der Waals surface area contributed by atoms with Crippen LogP contribution in [-0.2, 0) is 19.0 Å². The van der Waals surface area contributed by atoms with Crippen molar-refractivity contribution < 1.29 is 19.0 Å². The number of nitrogens with zero attached hydrogens (tertiary/aromatic N) is 1. The van der Waals surface area contributed by atoms with Gasteiger partial charge in [-0.25, -0.2) is 0 Å². The van der Waals surface area contributed by atoms with Crippen LogP contribution in [0.5, 0.6) is 0 Å². The second kappa shape index (κ2) is 5.38. The van der Waals surface area contributed by atoms with E-state index < -0.39 is 0 Å². The Bertz CT molecular complexity index is 334. The summed E-state index contributed by atoms with van der Waals surface area (Å²) in [6.45, 7) is 4.47. The number of ether oxygens (including phenoxy) is 3. The van der Waals surface area contributed by atoms with Crippen LogP contribution in [0.4, 0.5) is 0 Å². The number of rotatable bonds is 3. The highest BCUT2D eigenvalue weighted by Gasteiger charge is 2.54. The van der Waals surface area contributed by atoms with Crippen LogP contribution in [0, 0.1) is 11.8 Å². The molecule has 1 spiro atoms. The first-order valence-corrected chi connectivity index (χ1v) is 7.24. The maximum atomic E-state index is 12.4. The Hall–Kier alpha value is -0.650. The first-order chi connectivity index (χ1) is 9.25. The molecule has 0 N–H and O–H groups in total. The van der Waals surface area contributed by atoms with Gasteiger partial charge in [0.1, 0.15) is 5.60 Å². The molecule has 0 bridgehead atoms. The van der Waals surface area contributed by atoms with Gasteiger partial charge in [0, 0.05) is 38.8 Å². The maximum Gasteiger partial charge on any atom is 0.226 e. The fraction of sp³-hybridized carbons (Fsp3) is 0.929. The summed E-state index contributed by atoms with van der Waals surface area (Å²) in [7, 11) is 1.73. The molecule has 1 amide bonds. The van der Waals surface area contributed by atoms with E-state index in [1.807, 2.05) is 4.90 Å². The van der Waals surface area contributed by atoms with Gasteiger partial charge in [-0.2, -0.15) is 0 Å². The molecule has 0 radical (unpaired) electrons. The van der Waals surface area contributed by atoms with E-state index in [2.05, 4.69) is 0 Å². The zero-order valence-electron chi connectivity index (χ0n) is 11.6. The minimum absolute atomic E-state index is 0.114. The van der Waals surface area contributed by atoms with Gasteiger partial charge in [-0.15, -0.1) is 0 Å². The first-order valence-electron chi connectivity index (χ1n) is 7.24. The van der Waals surface area contributed by atoms with Crippen molar-refractivity contribution >= 4 is 5.91 Å². The smallest absolute Gasteiger partial charge is 0.226 e. The molecule has 0 aromatic rings. The maximum absolute atomic E-state index is 12.4. The number of carbonyl (C=O) groups excluding carboxylic acids is 1. The highest BCUT2D eigenvalue weighted by atomic mass is 16.5. The number of methoxy groups -OCH3 is 1. The molecule has 0 aliphatic carbocycles. The topological polar surface area (TPSA) is 48.0 Å². The fourth-order valence-corrected chi connectivity index (χ4v) is 3.53. The molecular formula is C14H23NO4. The van der Waals surface area contributed by atoms with Crippen LogP contribution < -0.4 is 0 Å². The molecule has 5 nitrogen and oxygen atoms in total. The molecule has 0 aromatic heterocycles. The van der Waals surface area contributed by atoms with Gasteiger partial charge in [-0.05, 0) is 19.3 Å².